The summed E-state index contributed by atoms with van der Waals surface area (Å²) >= 11 is 0. The van der Waals surface area contributed by atoms with Crippen LogP contribution in [0.5, 0.6) is 0 Å². The molecular formula is C14H13F3N4. The van der Waals surface area contributed by atoms with Crippen LogP contribution in [-0.4, -0.2) is 23.2 Å². The van der Waals surface area contributed by atoms with Crippen molar-refractivity contribution in [2.24, 2.45) is 0 Å². The van der Waals surface area contributed by atoms with E-state index in [1.54, 1.807) is 19.1 Å². The maximum Gasteiger partial charge on any atom is 0.435 e. The third kappa shape index (κ3) is 1.76. The van der Waals surface area contributed by atoms with Crippen molar-refractivity contribution in [3.63, 3.8) is 0 Å². The molecule has 7 heteroatoms. The van der Waals surface area contributed by atoms with E-state index >= 15 is 0 Å². The molecule has 0 spiro atoms. The smallest absolute Gasteiger partial charge is 0.348 e. The van der Waals surface area contributed by atoms with Gasteiger partial charge in [0, 0.05) is 31.2 Å². The Hall–Kier alpha value is -2.31. The Morgan fingerprint density at radius 1 is 1.24 bits per heavy atom. The molecule has 0 radical (unpaired) electrons. The molecule has 3 heterocycles. The highest BCUT2D eigenvalue weighted by atomic mass is 19.4. The minimum Gasteiger partial charge on any atom is -0.348 e. The molecule has 0 amide bonds. The van der Waals surface area contributed by atoms with Gasteiger partial charge >= 0.3 is 6.18 Å². The fourth-order valence-corrected chi connectivity index (χ4v) is 2.74. The van der Waals surface area contributed by atoms with E-state index in [1.165, 1.54) is 31.7 Å². The summed E-state index contributed by atoms with van der Waals surface area (Å²) < 4.78 is 41.8. The fraction of sp³-hybridized carbons (Fsp3) is 0.286. The van der Waals surface area contributed by atoms with Crippen LogP contribution in [0.15, 0.2) is 36.8 Å². The normalized spacial score (nSPS) is 21.1. The monoisotopic (exact) mass is 294 g/mol. The molecule has 1 atom stereocenters. The number of anilines is 2. The molecule has 0 bridgehead atoms. The van der Waals surface area contributed by atoms with E-state index in [4.69, 9.17) is 0 Å². The van der Waals surface area contributed by atoms with Crippen LogP contribution in [0.2, 0.25) is 0 Å². The third-order valence-electron chi connectivity index (χ3n) is 3.74. The quantitative estimate of drug-likeness (QED) is 0.877. The first kappa shape index (κ1) is 13.7. The first-order valence-electron chi connectivity index (χ1n) is 6.33. The maximum atomic E-state index is 13.9. The van der Waals surface area contributed by atoms with Gasteiger partial charge in [-0.05, 0) is 30.7 Å². The Labute approximate surface area is 119 Å². The summed E-state index contributed by atoms with van der Waals surface area (Å²) in [6, 6.07) is 4.58. The molecule has 110 valence electrons. The summed E-state index contributed by atoms with van der Waals surface area (Å²) in [7, 11) is 1.39. The first-order valence-corrected chi connectivity index (χ1v) is 6.33. The number of nitrogens with zero attached hydrogens (tertiary/aromatic N) is 3. The second-order valence-electron chi connectivity index (χ2n) is 4.96. The highest BCUT2D eigenvalue weighted by Crippen LogP contribution is 2.51. The molecule has 0 aliphatic carbocycles. The Morgan fingerprint density at radius 2 is 2.00 bits per heavy atom. The van der Waals surface area contributed by atoms with Crippen molar-refractivity contribution in [1.29, 1.82) is 0 Å². The minimum atomic E-state index is -4.53. The lowest BCUT2D eigenvalue weighted by Gasteiger charge is -2.39. The van der Waals surface area contributed by atoms with Crippen LogP contribution in [0, 0.1) is 6.92 Å². The summed E-state index contributed by atoms with van der Waals surface area (Å²) in [5.41, 5.74) is -1.41. The highest BCUT2D eigenvalue weighted by molar-refractivity contribution is 5.75. The summed E-state index contributed by atoms with van der Waals surface area (Å²) in [5.74, 6) is 0.269. The molecule has 21 heavy (non-hydrogen) atoms. The Bertz CT molecular complexity index is 686. The first-order chi connectivity index (χ1) is 9.88. The summed E-state index contributed by atoms with van der Waals surface area (Å²) in [4.78, 5) is 9.06. The van der Waals surface area contributed by atoms with E-state index < -0.39 is 11.8 Å². The molecule has 2 aromatic rings. The molecule has 3 rings (SSSR count). The average Bonchev–Trinajstić information content (AvgIpc) is 2.74. The van der Waals surface area contributed by atoms with Crippen molar-refractivity contribution < 1.29 is 13.2 Å². The number of aromatic nitrogens is 2. The van der Waals surface area contributed by atoms with Crippen molar-refractivity contribution in [3.8, 4) is 0 Å². The zero-order valence-corrected chi connectivity index (χ0v) is 11.4. The molecule has 1 unspecified atom stereocenters. The summed E-state index contributed by atoms with van der Waals surface area (Å²) in [6.45, 7) is 1.61. The van der Waals surface area contributed by atoms with Gasteiger partial charge in [-0.2, -0.15) is 13.2 Å². The number of alkyl halides is 3. The van der Waals surface area contributed by atoms with Gasteiger partial charge in [0.15, 0.2) is 5.82 Å². The SMILES string of the molecule is Cc1cnccc1C1(C(F)(F)F)Nc2cccnc2N1C. The van der Waals surface area contributed by atoms with Gasteiger partial charge in [0.2, 0.25) is 5.66 Å². The Morgan fingerprint density at radius 3 is 2.62 bits per heavy atom. The Balaban J connectivity index is 2.26. The van der Waals surface area contributed by atoms with Crippen LogP contribution in [0.1, 0.15) is 11.1 Å². The van der Waals surface area contributed by atoms with Crippen LogP contribution in [0.4, 0.5) is 24.7 Å². The van der Waals surface area contributed by atoms with E-state index in [1.807, 2.05) is 0 Å². The lowest BCUT2D eigenvalue weighted by Crippen LogP contribution is -2.57. The number of hydrogen-bond acceptors (Lipinski definition) is 4. The largest absolute Gasteiger partial charge is 0.435 e. The number of rotatable bonds is 1. The number of halogens is 3. The van der Waals surface area contributed by atoms with E-state index in [0.717, 1.165) is 4.90 Å². The minimum absolute atomic E-state index is 0.116. The van der Waals surface area contributed by atoms with Gasteiger partial charge in [-0.25, -0.2) is 4.98 Å². The van der Waals surface area contributed by atoms with E-state index in [2.05, 4.69) is 15.3 Å². The van der Waals surface area contributed by atoms with Gasteiger partial charge in [-0.1, -0.05) is 0 Å². The van der Waals surface area contributed by atoms with Gasteiger partial charge in [0.25, 0.3) is 0 Å². The number of pyridine rings is 2. The molecule has 0 aromatic carbocycles. The zero-order chi connectivity index (χ0) is 15.3. The van der Waals surface area contributed by atoms with Crippen molar-refractivity contribution in [2.75, 3.05) is 17.3 Å². The van der Waals surface area contributed by atoms with Crippen molar-refractivity contribution >= 4 is 11.5 Å². The molecule has 1 aliphatic heterocycles. The molecule has 0 saturated carbocycles. The standard InChI is InChI=1S/C14H13F3N4/c1-9-8-18-7-5-10(9)13(14(15,16)17)20-11-4-3-6-19-12(11)21(13)2/h3-8,20H,1-2H3. The van der Waals surface area contributed by atoms with Crippen molar-refractivity contribution in [2.45, 2.75) is 18.8 Å². The van der Waals surface area contributed by atoms with Crippen LogP contribution < -0.4 is 10.2 Å². The second kappa shape index (κ2) is 4.34. The molecular weight excluding hydrogens is 281 g/mol. The topological polar surface area (TPSA) is 41.1 Å². The van der Waals surface area contributed by atoms with E-state index in [0.29, 0.717) is 11.3 Å². The lowest BCUT2D eigenvalue weighted by atomic mass is 9.95. The van der Waals surface area contributed by atoms with Crippen LogP contribution in [0.3, 0.4) is 0 Å². The second-order valence-corrected chi connectivity index (χ2v) is 4.96. The van der Waals surface area contributed by atoms with Gasteiger partial charge < -0.3 is 10.2 Å². The van der Waals surface area contributed by atoms with Gasteiger partial charge in [0.1, 0.15) is 0 Å². The predicted molar refractivity (Wildman–Crippen MR) is 73.0 cm³/mol. The molecule has 1 aliphatic rings. The van der Waals surface area contributed by atoms with Crippen molar-refractivity contribution in [3.05, 3.63) is 47.9 Å². The molecule has 0 fully saturated rings. The number of nitrogens with one attached hydrogen (secondary N) is 1. The predicted octanol–water partition coefficient (Wildman–Crippen LogP) is 3.06. The van der Waals surface area contributed by atoms with E-state index in [9.17, 15) is 13.2 Å². The molecule has 1 N–H and O–H groups in total. The average molecular weight is 294 g/mol. The fourth-order valence-electron chi connectivity index (χ4n) is 2.74. The summed E-state index contributed by atoms with van der Waals surface area (Å²) in [6.07, 6.45) is -0.270. The molecule has 4 nitrogen and oxygen atoms in total. The summed E-state index contributed by atoms with van der Waals surface area (Å²) in [5, 5.41) is 2.61. The maximum absolute atomic E-state index is 13.9. The number of fused-ring (bicyclic) bond motifs is 1. The Kier molecular flexibility index (Phi) is 2.82. The number of aryl methyl sites for hydroxylation is 1. The van der Waals surface area contributed by atoms with E-state index in [-0.39, 0.29) is 11.4 Å². The molecule has 2 aromatic heterocycles. The van der Waals surface area contributed by atoms with Gasteiger partial charge in [-0.3, -0.25) is 4.98 Å². The highest BCUT2D eigenvalue weighted by Gasteiger charge is 2.63. The molecule has 0 saturated heterocycles. The van der Waals surface area contributed by atoms with Gasteiger partial charge in [-0.15, -0.1) is 0 Å². The van der Waals surface area contributed by atoms with Crippen molar-refractivity contribution in [1.82, 2.24) is 9.97 Å². The van der Waals surface area contributed by atoms with Gasteiger partial charge in [0.05, 0.1) is 5.69 Å². The zero-order valence-electron chi connectivity index (χ0n) is 11.4. The lowest BCUT2D eigenvalue weighted by molar-refractivity contribution is -0.180. The number of hydrogen-bond donors (Lipinski definition) is 1. The van der Waals surface area contributed by atoms with Crippen LogP contribution in [0.25, 0.3) is 0 Å². The van der Waals surface area contributed by atoms with Crippen LogP contribution >= 0.6 is 0 Å². The third-order valence-corrected chi connectivity index (χ3v) is 3.74. The van der Waals surface area contributed by atoms with Crippen LogP contribution in [-0.2, 0) is 5.66 Å².